The Hall–Kier alpha value is -1.82. The van der Waals surface area contributed by atoms with Gasteiger partial charge in [-0.05, 0) is 25.5 Å². The van der Waals surface area contributed by atoms with Gasteiger partial charge in [-0.1, -0.05) is 18.2 Å². The summed E-state index contributed by atoms with van der Waals surface area (Å²) in [5, 5.41) is 3.27. The van der Waals surface area contributed by atoms with Gasteiger partial charge in [0.2, 0.25) is 0 Å². The van der Waals surface area contributed by atoms with Crippen LogP contribution in [0.2, 0.25) is 0 Å². The maximum atomic E-state index is 13.0. The number of benzene rings is 1. The molecule has 1 aromatic carbocycles. The second-order valence-electron chi connectivity index (χ2n) is 4.87. The Labute approximate surface area is 114 Å². The first-order chi connectivity index (χ1) is 9.55. The number of aromatic nitrogens is 2. The molecule has 1 saturated heterocycles. The third-order valence-electron chi connectivity index (χ3n) is 3.51. The van der Waals surface area contributed by atoms with Crippen LogP contribution < -0.4 is 5.32 Å². The van der Waals surface area contributed by atoms with Crippen molar-refractivity contribution in [2.24, 2.45) is 0 Å². The smallest absolute Gasteiger partial charge is 0.341 e. The highest BCUT2D eigenvalue weighted by Gasteiger charge is 2.33. The monoisotopic (exact) mass is 281 g/mol. The first-order valence-corrected chi connectivity index (χ1v) is 6.50. The summed E-state index contributed by atoms with van der Waals surface area (Å²) in [5.41, 5.74) is -0.104. The predicted octanol–water partition coefficient (Wildman–Crippen LogP) is 3.52. The Bertz CT molecular complexity index is 598. The number of nitrogens with zero attached hydrogens (tertiary/aromatic N) is 1. The van der Waals surface area contributed by atoms with Crippen LogP contribution in [0.25, 0.3) is 11.3 Å². The topological polar surface area (TPSA) is 40.7 Å². The summed E-state index contributed by atoms with van der Waals surface area (Å²) >= 11 is 0. The molecule has 2 aromatic rings. The lowest BCUT2D eigenvalue weighted by molar-refractivity contribution is -0.137. The molecule has 2 N–H and O–H groups in total. The zero-order chi connectivity index (χ0) is 14.2. The van der Waals surface area contributed by atoms with E-state index >= 15 is 0 Å². The van der Waals surface area contributed by atoms with Crippen LogP contribution in [0.5, 0.6) is 0 Å². The van der Waals surface area contributed by atoms with Gasteiger partial charge >= 0.3 is 6.18 Å². The van der Waals surface area contributed by atoms with E-state index in [1.807, 2.05) is 0 Å². The van der Waals surface area contributed by atoms with Crippen molar-refractivity contribution in [1.82, 2.24) is 15.3 Å². The number of halogens is 3. The molecule has 0 unspecified atom stereocenters. The van der Waals surface area contributed by atoms with Crippen LogP contribution >= 0.6 is 0 Å². The first-order valence-electron chi connectivity index (χ1n) is 6.50. The Morgan fingerprint density at radius 1 is 1.20 bits per heavy atom. The molecule has 0 amide bonds. The van der Waals surface area contributed by atoms with Crippen LogP contribution in [-0.2, 0) is 6.18 Å². The lowest BCUT2D eigenvalue weighted by Crippen LogP contribution is -2.14. The molecule has 6 heteroatoms. The van der Waals surface area contributed by atoms with E-state index in [4.69, 9.17) is 0 Å². The fraction of sp³-hybridized carbons (Fsp3) is 0.357. The van der Waals surface area contributed by atoms with Crippen molar-refractivity contribution in [3.8, 4) is 11.3 Å². The van der Waals surface area contributed by atoms with E-state index < -0.39 is 11.7 Å². The van der Waals surface area contributed by atoms with Crippen LogP contribution in [-0.4, -0.2) is 16.5 Å². The van der Waals surface area contributed by atoms with E-state index in [9.17, 15) is 13.2 Å². The van der Waals surface area contributed by atoms with Crippen molar-refractivity contribution in [2.75, 3.05) is 6.54 Å². The molecular formula is C14H14F3N3. The minimum Gasteiger partial charge on any atom is -0.341 e. The van der Waals surface area contributed by atoms with Crippen molar-refractivity contribution in [3.05, 3.63) is 41.9 Å². The molecule has 3 nitrogen and oxygen atoms in total. The largest absolute Gasteiger partial charge is 0.417 e. The number of hydrogen-bond donors (Lipinski definition) is 2. The number of imidazole rings is 1. The standard InChI is InChI=1S/C14H14F3N3/c15-14(16,17)10-5-2-1-4-9(10)12-8-19-13(20-12)11-6-3-7-18-11/h1-2,4-5,8,11,18H,3,6-7H2,(H,19,20)/t11-/m0/s1. The van der Waals surface area contributed by atoms with Gasteiger partial charge in [-0.2, -0.15) is 13.2 Å². The third kappa shape index (κ3) is 2.43. The van der Waals surface area contributed by atoms with Gasteiger partial charge in [-0.25, -0.2) is 4.98 Å². The van der Waals surface area contributed by atoms with Crippen molar-refractivity contribution < 1.29 is 13.2 Å². The average Bonchev–Trinajstić information content (AvgIpc) is 3.09. The zero-order valence-corrected chi connectivity index (χ0v) is 10.7. The van der Waals surface area contributed by atoms with Gasteiger partial charge in [0.05, 0.1) is 23.5 Å². The first kappa shape index (κ1) is 13.2. The van der Waals surface area contributed by atoms with E-state index in [2.05, 4.69) is 15.3 Å². The number of nitrogens with one attached hydrogen (secondary N) is 2. The Kier molecular flexibility index (Phi) is 3.25. The van der Waals surface area contributed by atoms with E-state index in [0.717, 1.165) is 25.5 Å². The third-order valence-corrected chi connectivity index (χ3v) is 3.51. The van der Waals surface area contributed by atoms with Gasteiger partial charge in [0.15, 0.2) is 0 Å². The molecule has 0 bridgehead atoms. The number of alkyl halides is 3. The minimum absolute atomic E-state index is 0.113. The summed E-state index contributed by atoms with van der Waals surface area (Å²) in [5.74, 6) is 0.703. The van der Waals surface area contributed by atoms with Crippen molar-refractivity contribution in [3.63, 3.8) is 0 Å². The van der Waals surface area contributed by atoms with Crippen molar-refractivity contribution >= 4 is 0 Å². The van der Waals surface area contributed by atoms with Gasteiger partial charge in [0, 0.05) is 5.56 Å². The van der Waals surface area contributed by atoms with E-state index in [1.165, 1.54) is 18.3 Å². The van der Waals surface area contributed by atoms with E-state index in [0.29, 0.717) is 11.5 Å². The van der Waals surface area contributed by atoms with Gasteiger partial charge in [-0.3, -0.25) is 0 Å². The molecule has 1 fully saturated rings. The van der Waals surface area contributed by atoms with Crippen LogP contribution in [0.4, 0.5) is 13.2 Å². The molecule has 0 saturated carbocycles. The highest BCUT2D eigenvalue weighted by atomic mass is 19.4. The molecule has 106 valence electrons. The lowest BCUT2D eigenvalue weighted by Gasteiger charge is -2.11. The van der Waals surface area contributed by atoms with E-state index in [1.54, 1.807) is 6.07 Å². The average molecular weight is 281 g/mol. The zero-order valence-electron chi connectivity index (χ0n) is 10.7. The Balaban J connectivity index is 1.97. The minimum atomic E-state index is -4.37. The molecule has 1 atom stereocenters. The highest BCUT2D eigenvalue weighted by molar-refractivity contribution is 5.64. The molecule has 1 aromatic heterocycles. The summed E-state index contributed by atoms with van der Waals surface area (Å²) < 4.78 is 39.0. The molecule has 1 aliphatic rings. The fourth-order valence-electron chi connectivity index (χ4n) is 2.53. The number of H-pyrrole nitrogens is 1. The Morgan fingerprint density at radius 3 is 2.70 bits per heavy atom. The Morgan fingerprint density at radius 2 is 2.00 bits per heavy atom. The van der Waals surface area contributed by atoms with Gasteiger partial charge in [0.25, 0.3) is 0 Å². The fourth-order valence-corrected chi connectivity index (χ4v) is 2.53. The SMILES string of the molecule is FC(F)(F)c1ccccc1-c1cnc([C@@H]2CCCN2)[nH]1. The molecule has 0 radical (unpaired) electrons. The summed E-state index contributed by atoms with van der Waals surface area (Å²) in [4.78, 5) is 7.22. The second kappa shape index (κ2) is 4.94. The van der Waals surface area contributed by atoms with Crippen molar-refractivity contribution in [1.29, 1.82) is 0 Å². The molecule has 0 aliphatic carbocycles. The van der Waals surface area contributed by atoms with Gasteiger partial charge in [0.1, 0.15) is 5.82 Å². The molecule has 3 rings (SSSR count). The summed E-state index contributed by atoms with van der Waals surface area (Å²) in [7, 11) is 0. The molecule has 0 spiro atoms. The summed E-state index contributed by atoms with van der Waals surface area (Å²) in [6, 6.07) is 5.65. The van der Waals surface area contributed by atoms with Crippen molar-refractivity contribution in [2.45, 2.75) is 25.1 Å². The molecular weight excluding hydrogens is 267 g/mol. The lowest BCUT2D eigenvalue weighted by atomic mass is 10.0. The predicted molar refractivity (Wildman–Crippen MR) is 69.0 cm³/mol. The van der Waals surface area contributed by atoms with Crippen LogP contribution in [0, 0.1) is 0 Å². The van der Waals surface area contributed by atoms with Crippen LogP contribution in [0.1, 0.15) is 30.3 Å². The maximum absolute atomic E-state index is 13.0. The van der Waals surface area contributed by atoms with Gasteiger partial charge in [-0.15, -0.1) is 0 Å². The second-order valence-corrected chi connectivity index (χ2v) is 4.87. The number of rotatable bonds is 2. The maximum Gasteiger partial charge on any atom is 0.417 e. The van der Waals surface area contributed by atoms with Gasteiger partial charge < -0.3 is 10.3 Å². The molecule has 1 aliphatic heterocycles. The van der Waals surface area contributed by atoms with Crippen LogP contribution in [0.3, 0.4) is 0 Å². The number of hydrogen-bond acceptors (Lipinski definition) is 2. The highest BCUT2D eigenvalue weighted by Crippen LogP contribution is 2.36. The summed E-state index contributed by atoms with van der Waals surface area (Å²) in [6.07, 6.45) is -0.888. The normalized spacial score (nSPS) is 19.4. The molecule has 2 heterocycles. The quantitative estimate of drug-likeness (QED) is 0.884. The number of aromatic amines is 1. The molecule has 20 heavy (non-hydrogen) atoms. The van der Waals surface area contributed by atoms with E-state index in [-0.39, 0.29) is 11.6 Å². The van der Waals surface area contributed by atoms with Crippen LogP contribution in [0.15, 0.2) is 30.5 Å². The summed E-state index contributed by atoms with van der Waals surface area (Å²) in [6.45, 7) is 0.917.